The summed E-state index contributed by atoms with van der Waals surface area (Å²) in [6, 6.07) is 25.2. The van der Waals surface area contributed by atoms with Crippen LogP contribution < -0.4 is 15.5 Å². The average Bonchev–Trinajstić information content (AvgIpc) is 3.17. The molecule has 0 radical (unpaired) electrons. The highest BCUT2D eigenvalue weighted by Gasteiger charge is 2.35. The molecule has 6 heteroatoms. The van der Waals surface area contributed by atoms with Crippen LogP contribution in [0.1, 0.15) is 16.8 Å². The van der Waals surface area contributed by atoms with Gasteiger partial charge in [-0.05, 0) is 36.4 Å². The number of nitrogens with one attached hydrogen (secondary N) is 2. The van der Waals surface area contributed by atoms with Gasteiger partial charge in [0.15, 0.2) is 0 Å². The van der Waals surface area contributed by atoms with Gasteiger partial charge in [-0.25, -0.2) is 0 Å². The fourth-order valence-electron chi connectivity index (χ4n) is 3.49. The van der Waals surface area contributed by atoms with E-state index in [-0.39, 0.29) is 24.1 Å². The Morgan fingerprint density at radius 1 is 0.800 bits per heavy atom. The number of hydrogen-bond donors (Lipinski definition) is 2. The first-order chi connectivity index (χ1) is 14.6. The van der Waals surface area contributed by atoms with Crippen molar-refractivity contribution in [1.29, 1.82) is 0 Å². The van der Waals surface area contributed by atoms with Crippen molar-refractivity contribution in [3.63, 3.8) is 0 Å². The summed E-state index contributed by atoms with van der Waals surface area (Å²) in [5.74, 6) is -1.16. The lowest BCUT2D eigenvalue weighted by atomic mass is 10.1. The van der Waals surface area contributed by atoms with Crippen molar-refractivity contribution < 1.29 is 14.4 Å². The van der Waals surface area contributed by atoms with E-state index < -0.39 is 5.92 Å². The molecule has 3 amide bonds. The third kappa shape index (κ3) is 4.22. The van der Waals surface area contributed by atoms with Crippen molar-refractivity contribution in [3.05, 3.63) is 90.5 Å². The topological polar surface area (TPSA) is 78.5 Å². The van der Waals surface area contributed by atoms with Gasteiger partial charge in [0.05, 0.1) is 17.2 Å². The minimum Gasteiger partial charge on any atom is -0.325 e. The van der Waals surface area contributed by atoms with E-state index in [4.69, 9.17) is 0 Å². The van der Waals surface area contributed by atoms with Gasteiger partial charge in [0.2, 0.25) is 11.8 Å². The summed E-state index contributed by atoms with van der Waals surface area (Å²) in [4.78, 5) is 39.6. The zero-order valence-electron chi connectivity index (χ0n) is 16.2. The van der Waals surface area contributed by atoms with Crippen LogP contribution in [-0.4, -0.2) is 24.3 Å². The van der Waals surface area contributed by atoms with Crippen LogP contribution in [0.15, 0.2) is 84.9 Å². The van der Waals surface area contributed by atoms with E-state index in [0.29, 0.717) is 23.5 Å². The molecule has 0 spiro atoms. The molecule has 4 rings (SSSR count). The molecule has 1 heterocycles. The molecule has 3 aromatic carbocycles. The Labute approximate surface area is 174 Å². The van der Waals surface area contributed by atoms with E-state index in [0.717, 1.165) is 5.69 Å². The molecule has 1 fully saturated rings. The summed E-state index contributed by atoms with van der Waals surface area (Å²) in [5.41, 5.74) is 2.23. The van der Waals surface area contributed by atoms with E-state index in [1.54, 1.807) is 41.3 Å². The maximum absolute atomic E-state index is 12.8. The quantitative estimate of drug-likeness (QED) is 0.682. The van der Waals surface area contributed by atoms with Crippen LogP contribution in [0.25, 0.3) is 0 Å². The molecule has 0 aliphatic carbocycles. The molecule has 2 N–H and O–H groups in total. The first-order valence-corrected chi connectivity index (χ1v) is 9.73. The second kappa shape index (κ2) is 8.61. The second-order valence-corrected chi connectivity index (χ2v) is 7.10. The summed E-state index contributed by atoms with van der Waals surface area (Å²) in [5, 5.41) is 5.66. The van der Waals surface area contributed by atoms with Gasteiger partial charge in [-0.1, -0.05) is 48.5 Å². The Hall–Kier alpha value is -3.93. The number of carbonyl (C=O) groups is 3. The van der Waals surface area contributed by atoms with Crippen LogP contribution in [0.5, 0.6) is 0 Å². The highest BCUT2D eigenvalue weighted by atomic mass is 16.2. The Morgan fingerprint density at radius 2 is 1.43 bits per heavy atom. The second-order valence-electron chi connectivity index (χ2n) is 7.10. The van der Waals surface area contributed by atoms with Crippen molar-refractivity contribution in [2.24, 2.45) is 5.92 Å². The molecular formula is C24H21N3O3. The van der Waals surface area contributed by atoms with Gasteiger partial charge >= 0.3 is 0 Å². The standard InChI is InChI=1S/C24H21N3O3/c28-22-15-17(16-27(22)19-11-5-2-6-12-19)23(29)26-21-14-8-7-13-20(21)24(30)25-18-9-3-1-4-10-18/h1-14,17H,15-16H2,(H,25,30)(H,26,29)/t17-/m1/s1. The number of para-hydroxylation sites is 3. The Kier molecular flexibility index (Phi) is 5.57. The molecule has 150 valence electrons. The van der Waals surface area contributed by atoms with Gasteiger partial charge in [0.1, 0.15) is 0 Å². The molecule has 0 saturated carbocycles. The van der Waals surface area contributed by atoms with Crippen molar-refractivity contribution in [1.82, 2.24) is 0 Å². The third-order valence-corrected chi connectivity index (χ3v) is 5.02. The molecule has 30 heavy (non-hydrogen) atoms. The number of hydrogen-bond acceptors (Lipinski definition) is 3. The number of carbonyl (C=O) groups excluding carboxylic acids is 3. The average molecular weight is 399 g/mol. The molecule has 1 saturated heterocycles. The van der Waals surface area contributed by atoms with E-state index in [1.165, 1.54) is 0 Å². The van der Waals surface area contributed by atoms with Gasteiger partial charge < -0.3 is 15.5 Å². The molecule has 1 aliphatic heterocycles. The molecule has 0 unspecified atom stereocenters. The highest BCUT2D eigenvalue weighted by molar-refractivity contribution is 6.11. The summed E-state index contributed by atoms with van der Waals surface area (Å²) < 4.78 is 0. The highest BCUT2D eigenvalue weighted by Crippen LogP contribution is 2.26. The first kappa shape index (κ1) is 19.4. The van der Waals surface area contributed by atoms with Crippen LogP contribution in [0, 0.1) is 5.92 Å². The normalized spacial score (nSPS) is 15.7. The van der Waals surface area contributed by atoms with Gasteiger partial charge in [0.25, 0.3) is 5.91 Å². The molecule has 0 bridgehead atoms. The van der Waals surface area contributed by atoms with E-state index in [2.05, 4.69) is 10.6 Å². The first-order valence-electron chi connectivity index (χ1n) is 9.73. The number of rotatable bonds is 5. The molecule has 3 aromatic rings. The number of nitrogens with zero attached hydrogens (tertiary/aromatic N) is 1. The minimum atomic E-state index is -0.483. The monoisotopic (exact) mass is 399 g/mol. The summed E-state index contributed by atoms with van der Waals surface area (Å²) in [7, 11) is 0. The Balaban J connectivity index is 1.46. The fraction of sp³-hybridized carbons (Fsp3) is 0.125. The van der Waals surface area contributed by atoms with E-state index in [9.17, 15) is 14.4 Å². The van der Waals surface area contributed by atoms with Crippen molar-refractivity contribution >= 4 is 34.8 Å². The Bertz CT molecular complexity index is 1070. The summed E-state index contributed by atoms with van der Waals surface area (Å²) >= 11 is 0. The smallest absolute Gasteiger partial charge is 0.257 e. The van der Waals surface area contributed by atoms with Crippen molar-refractivity contribution in [2.75, 3.05) is 22.1 Å². The molecule has 0 aromatic heterocycles. The zero-order chi connectivity index (χ0) is 20.9. The molecule has 1 atom stereocenters. The Morgan fingerprint density at radius 3 is 2.17 bits per heavy atom. The number of benzene rings is 3. The predicted molar refractivity (Wildman–Crippen MR) is 116 cm³/mol. The lowest BCUT2D eigenvalue weighted by molar-refractivity contribution is -0.122. The lowest BCUT2D eigenvalue weighted by Crippen LogP contribution is -2.28. The van der Waals surface area contributed by atoms with Crippen LogP contribution >= 0.6 is 0 Å². The number of amides is 3. The summed E-state index contributed by atoms with van der Waals surface area (Å²) in [6.45, 7) is 0.313. The van der Waals surface area contributed by atoms with Gasteiger partial charge in [-0.3, -0.25) is 14.4 Å². The third-order valence-electron chi connectivity index (χ3n) is 5.02. The number of anilines is 3. The predicted octanol–water partition coefficient (Wildman–Crippen LogP) is 3.93. The molecule has 6 nitrogen and oxygen atoms in total. The molecular weight excluding hydrogens is 378 g/mol. The van der Waals surface area contributed by atoms with Gasteiger partial charge in [-0.2, -0.15) is 0 Å². The van der Waals surface area contributed by atoms with E-state index >= 15 is 0 Å². The van der Waals surface area contributed by atoms with Crippen molar-refractivity contribution in [3.8, 4) is 0 Å². The summed E-state index contributed by atoms with van der Waals surface area (Å²) in [6.07, 6.45) is 0.138. The van der Waals surface area contributed by atoms with Crippen molar-refractivity contribution in [2.45, 2.75) is 6.42 Å². The maximum atomic E-state index is 12.8. The molecule has 1 aliphatic rings. The van der Waals surface area contributed by atoms with Crippen LogP contribution in [0.3, 0.4) is 0 Å². The van der Waals surface area contributed by atoms with Gasteiger partial charge in [0, 0.05) is 24.3 Å². The maximum Gasteiger partial charge on any atom is 0.257 e. The van der Waals surface area contributed by atoms with E-state index in [1.807, 2.05) is 48.5 Å². The van der Waals surface area contributed by atoms with Crippen LogP contribution in [0.2, 0.25) is 0 Å². The minimum absolute atomic E-state index is 0.0866. The fourth-order valence-corrected chi connectivity index (χ4v) is 3.49. The SMILES string of the molecule is O=C(Nc1ccccc1)c1ccccc1NC(=O)[C@@H]1CC(=O)N(c2ccccc2)C1. The van der Waals surface area contributed by atoms with Crippen LogP contribution in [-0.2, 0) is 9.59 Å². The largest absolute Gasteiger partial charge is 0.325 e. The lowest BCUT2D eigenvalue weighted by Gasteiger charge is -2.17. The van der Waals surface area contributed by atoms with Crippen LogP contribution in [0.4, 0.5) is 17.1 Å². The zero-order valence-corrected chi connectivity index (χ0v) is 16.2. The van der Waals surface area contributed by atoms with Gasteiger partial charge in [-0.15, -0.1) is 0 Å².